The van der Waals surface area contributed by atoms with Gasteiger partial charge in [-0.2, -0.15) is 0 Å². The van der Waals surface area contributed by atoms with Crippen LogP contribution in [0.5, 0.6) is 0 Å². The molecule has 0 saturated carbocycles. The van der Waals surface area contributed by atoms with Crippen molar-refractivity contribution in [1.29, 1.82) is 0 Å². The zero-order valence-electron chi connectivity index (χ0n) is 12.7. The predicted octanol–water partition coefficient (Wildman–Crippen LogP) is 6.95. The minimum absolute atomic E-state index is 0.648. The van der Waals surface area contributed by atoms with Crippen LogP contribution in [0.15, 0.2) is 18.2 Å². The normalized spacial score (nSPS) is 20.4. The molecule has 1 N–H and O–H groups in total. The Balaban J connectivity index is 0.000000322. The molecule has 0 spiro atoms. The number of unbranched alkanes of at least 4 members (excludes halogenated alkanes) is 1. The van der Waals surface area contributed by atoms with Gasteiger partial charge in [0.1, 0.15) is 0 Å². The van der Waals surface area contributed by atoms with Gasteiger partial charge >= 0.3 is 62.1 Å². The first-order chi connectivity index (χ1) is 10.2. The average Bonchev–Trinajstić information content (AvgIpc) is 2.32. The van der Waals surface area contributed by atoms with Gasteiger partial charge in [-0.05, 0) is 24.5 Å². The topological polar surface area (TPSA) is 14.0 Å². The van der Waals surface area contributed by atoms with E-state index in [9.17, 15) is 0 Å². The predicted molar refractivity (Wildman–Crippen MR) is 111 cm³/mol. The number of benzene rings is 1. The average molecular weight is 571 g/mol. The molecule has 1 aliphatic heterocycles. The number of halogens is 7. The third-order valence-electron chi connectivity index (χ3n) is 3.26. The maximum atomic E-state index is 6.08. The van der Waals surface area contributed by atoms with Crippen LogP contribution in [0.2, 0.25) is 5.02 Å². The molecule has 1 unspecified atom stereocenters. The molecule has 0 aromatic heterocycles. The van der Waals surface area contributed by atoms with E-state index in [0.29, 0.717) is 5.92 Å². The third kappa shape index (κ3) is 11.9. The summed E-state index contributed by atoms with van der Waals surface area (Å²) in [5.41, 5.74) is 4.01. The fraction of sp³-hybridized carbons (Fsp3) is 0.500. The molecule has 0 saturated heterocycles. The van der Waals surface area contributed by atoms with Gasteiger partial charge in [-0.25, -0.2) is 4.99 Å². The van der Waals surface area contributed by atoms with Crippen LogP contribution in [0.1, 0.15) is 51.0 Å². The quantitative estimate of drug-likeness (QED) is 0.378. The minimum atomic E-state index is -5.42. The van der Waals surface area contributed by atoms with Crippen molar-refractivity contribution in [3.8, 4) is 0 Å². The zero-order valence-corrected chi connectivity index (χ0v) is 20.6. The first-order valence-electron chi connectivity index (χ1n) is 7.11. The van der Waals surface area contributed by atoms with Crippen molar-refractivity contribution in [3.63, 3.8) is 0 Å². The van der Waals surface area contributed by atoms with Crippen LogP contribution in [0.4, 0.5) is 5.69 Å². The molecule has 134 valence electrons. The van der Waals surface area contributed by atoms with Gasteiger partial charge in [0.2, 0.25) is 5.69 Å². The summed E-state index contributed by atoms with van der Waals surface area (Å²) in [6, 6.07) is 6.18. The molecule has 23 heavy (non-hydrogen) atoms. The van der Waals surface area contributed by atoms with Crippen LogP contribution in [-0.4, -0.2) is 14.9 Å². The van der Waals surface area contributed by atoms with Gasteiger partial charge in [-0.1, -0.05) is 31.4 Å². The summed E-state index contributed by atoms with van der Waals surface area (Å²) in [5, 5.41) is 0.849. The zero-order chi connectivity index (χ0) is 18.0. The van der Waals surface area contributed by atoms with Crippen molar-refractivity contribution in [3.05, 3.63) is 28.8 Å². The van der Waals surface area contributed by atoms with E-state index in [1.54, 1.807) is 0 Å². The number of hydrogen-bond donors (Lipinski definition) is 1. The molecule has 9 heteroatoms. The molecule has 1 aliphatic rings. The first kappa shape index (κ1) is 22.8. The summed E-state index contributed by atoms with van der Waals surface area (Å²) in [6.45, 7) is 4.42. The molecular weight excluding hydrogens is 552 g/mol. The second-order valence-corrected chi connectivity index (χ2v) is 63.0. The van der Waals surface area contributed by atoms with E-state index in [1.165, 1.54) is 36.2 Å². The van der Waals surface area contributed by atoms with Crippen LogP contribution in [0.3, 0.4) is 0 Å². The van der Waals surface area contributed by atoms with Gasteiger partial charge < -0.3 is 0 Å². The molecule has 0 radical (unpaired) electrons. The van der Waals surface area contributed by atoms with Crippen molar-refractivity contribution in [1.82, 2.24) is 0 Å². The number of nitrogens with one attached hydrogen (secondary N) is 1. The summed E-state index contributed by atoms with van der Waals surface area (Å²) < 4.78 is 0. The molecule has 0 amide bonds. The van der Waals surface area contributed by atoms with Crippen LogP contribution in [-0.2, 0) is 0 Å². The van der Waals surface area contributed by atoms with Crippen molar-refractivity contribution in [2.75, 3.05) is 0 Å². The maximum absolute atomic E-state index is 6.08. The number of hydrogen-bond acceptors (Lipinski definition) is 0. The van der Waals surface area contributed by atoms with E-state index in [0.717, 1.165) is 11.4 Å². The molecule has 0 bridgehead atoms. The Kier molecular flexibility index (Phi) is 7.70. The van der Waals surface area contributed by atoms with E-state index < -0.39 is 9.14 Å². The van der Waals surface area contributed by atoms with Gasteiger partial charge in [0.15, 0.2) is 5.71 Å². The molecule has 1 atom stereocenters. The Morgan fingerprint density at radius 2 is 1.70 bits per heavy atom. The van der Waals surface area contributed by atoms with Crippen LogP contribution in [0, 0.1) is 0 Å². The van der Waals surface area contributed by atoms with E-state index in [4.69, 9.17) is 64.6 Å². The number of fused-ring (bicyclic) bond motifs is 1. The van der Waals surface area contributed by atoms with Gasteiger partial charge in [0.25, 0.3) is 0 Å². The Labute approximate surface area is 162 Å². The molecule has 1 aromatic rings. The molecule has 2 rings (SSSR count). The molecule has 1 heterocycles. The summed E-state index contributed by atoms with van der Waals surface area (Å²) in [7, 11) is 25.0. The van der Waals surface area contributed by atoms with E-state index in [-0.39, 0.29) is 0 Å². The van der Waals surface area contributed by atoms with Crippen LogP contribution >= 0.6 is 64.6 Å². The van der Waals surface area contributed by atoms with E-state index in [2.05, 4.69) is 31.0 Å². The van der Waals surface area contributed by atoms with Gasteiger partial charge in [0, 0.05) is 30.0 Å². The number of rotatable bonds is 3. The summed E-state index contributed by atoms with van der Waals surface area (Å²) in [4.78, 5) is 3.45. The fourth-order valence-electron chi connectivity index (χ4n) is 2.45. The Hall–Kier alpha value is 1.74. The van der Waals surface area contributed by atoms with Gasteiger partial charge in [0.05, 0.1) is 0 Å². The van der Waals surface area contributed by atoms with Gasteiger partial charge in [-0.3, -0.25) is 0 Å². The molecular formula is C14H19Cl7NSb. The van der Waals surface area contributed by atoms with Crippen molar-refractivity contribution in [2.45, 2.75) is 45.4 Å². The first-order valence-corrected chi connectivity index (χ1v) is 26.9. The van der Waals surface area contributed by atoms with Crippen LogP contribution in [0.25, 0.3) is 0 Å². The van der Waals surface area contributed by atoms with E-state index >= 15 is 0 Å². The Bertz CT molecular complexity index is 581. The van der Waals surface area contributed by atoms with E-state index in [1.807, 2.05) is 6.07 Å². The summed E-state index contributed by atoms with van der Waals surface area (Å²) in [5.74, 6) is 0.648. The Morgan fingerprint density at radius 1 is 1.13 bits per heavy atom. The molecule has 1 aromatic carbocycles. The third-order valence-corrected chi connectivity index (χ3v) is 3.50. The summed E-state index contributed by atoms with van der Waals surface area (Å²) >= 11 is 6.08. The monoisotopic (exact) mass is 567 g/mol. The van der Waals surface area contributed by atoms with Gasteiger partial charge in [-0.15, -0.1) is 0 Å². The van der Waals surface area contributed by atoms with Crippen molar-refractivity contribution < 1.29 is 4.99 Å². The van der Waals surface area contributed by atoms with Crippen molar-refractivity contribution in [2.24, 2.45) is 0 Å². The fourth-order valence-corrected chi connectivity index (χ4v) is 2.63. The summed E-state index contributed by atoms with van der Waals surface area (Å²) in [6.07, 6.45) is 4.97. The molecule has 0 fully saturated rings. The second kappa shape index (κ2) is 7.77. The molecule has 0 aliphatic carbocycles. The Morgan fingerprint density at radius 3 is 2.22 bits per heavy atom. The van der Waals surface area contributed by atoms with Crippen molar-refractivity contribution >= 4 is 85.1 Å². The SMILES string of the molecule is CCCCC1CC(C)=[NH+]c2ccc(Cl)cc21.[Cl][Sb-]([Cl])([Cl])([Cl])([Cl])[Cl]. The van der Waals surface area contributed by atoms with Crippen LogP contribution < -0.4 is 4.99 Å². The molecule has 1 nitrogen and oxygen atoms in total. The standard InChI is InChI=1S/C14H18ClN.6ClH.Sb/c1-3-4-5-11-8-10(2)16-14-7-6-12(15)9-13(11)14;;;;;;;/h6-7,9,11H,3-5,8H2,1-2H3;6*1H;/q;;;;;;;+5/p-5. The second-order valence-electron chi connectivity index (χ2n) is 5.64.